The fourth-order valence-electron chi connectivity index (χ4n) is 2.89. The quantitative estimate of drug-likeness (QED) is 0.899. The summed E-state index contributed by atoms with van der Waals surface area (Å²) in [4.78, 5) is 17.0. The second-order valence-corrected chi connectivity index (χ2v) is 6.79. The number of hydrogen-bond acceptors (Lipinski definition) is 3. The topological polar surface area (TPSA) is 55.1 Å². The van der Waals surface area contributed by atoms with Crippen LogP contribution in [0.3, 0.4) is 0 Å². The molecule has 0 saturated heterocycles. The van der Waals surface area contributed by atoms with Crippen LogP contribution in [0.5, 0.6) is 0 Å². The summed E-state index contributed by atoms with van der Waals surface area (Å²) in [6, 6.07) is 8.04. The molecule has 0 radical (unpaired) electrons. The standard InChI is InChI=1S/C17H19BrN2O2/c1-11-12(2)22-15(20-11)10-19-16(21)17(8-3-9-17)13-4-6-14(18)7-5-13/h4-7H,3,8-10H2,1-2H3,(H,19,21). The van der Waals surface area contributed by atoms with Crippen molar-refractivity contribution in [2.24, 2.45) is 0 Å². The molecule has 0 spiro atoms. The maximum Gasteiger partial charge on any atom is 0.231 e. The van der Waals surface area contributed by atoms with Crippen molar-refractivity contribution in [2.75, 3.05) is 0 Å². The molecule has 0 unspecified atom stereocenters. The number of carbonyl (C=O) groups excluding carboxylic acids is 1. The van der Waals surface area contributed by atoms with Gasteiger partial charge in [-0.3, -0.25) is 4.79 Å². The van der Waals surface area contributed by atoms with Gasteiger partial charge in [-0.05, 0) is 44.4 Å². The number of oxazole rings is 1. The molecule has 0 atom stereocenters. The second kappa shape index (κ2) is 5.88. The fourth-order valence-corrected chi connectivity index (χ4v) is 3.15. The molecule has 5 heteroatoms. The number of nitrogens with zero attached hydrogens (tertiary/aromatic N) is 1. The number of amides is 1. The van der Waals surface area contributed by atoms with Crippen LogP contribution in [0.15, 0.2) is 33.2 Å². The van der Waals surface area contributed by atoms with E-state index in [0.29, 0.717) is 12.4 Å². The Bertz CT molecular complexity index is 668. The molecule has 0 aliphatic heterocycles. The molecule has 3 rings (SSSR count). The molecule has 1 aromatic heterocycles. The number of aromatic nitrogens is 1. The van der Waals surface area contributed by atoms with Gasteiger partial charge in [-0.1, -0.05) is 34.5 Å². The van der Waals surface area contributed by atoms with E-state index in [1.54, 1.807) is 0 Å². The van der Waals surface area contributed by atoms with E-state index in [-0.39, 0.29) is 5.91 Å². The van der Waals surface area contributed by atoms with Crippen LogP contribution in [0, 0.1) is 13.8 Å². The summed E-state index contributed by atoms with van der Waals surface area (Å²) in [5.74, 6) is 1.43. The van der Waals surface area contributed by atoms with E-state index in [4.69, 9.17) is 4.42 Å². The Morgan fingerprint density at radius 3 is 2.50 bits per heavy atom. The first-order chi connectivity index (χ1) is 10.5. The Kier molecular flexibility index (Phi) is 4.08. The molecule has 0 bridgehead atoms. The SMILES string of the molecule is Cc1nc(CNC(=O)C2(c3ccc(Br)cc3)CCC2)oc1C. The zero-order valence-corrected chi connectivity index (χ0v) is 14.4. The normalized spacial score (nSPS) is 16.1. The summed E-state index contributed by atoms with van der Waals surface area (Å²) in [5, 5.41) is 2.99. The zero-order valence-electron chi connectivity index (χ0n) is 12.8. The van der Waals surface area contributed by atoms with Crippen LogP contribution < -0.4 is 5.32 Å². The minimum Gasteiger partial charge on any atom is -0.444 e. The summed E-state index contributed by atoms with van der Waals surface area (Å²) in [6.07, 6.45) is 2.87. The molecular formula is C17H19BrN2O2. The molecule has 4 nitrogen and oxygen atoms in total. The van der Waals surface area contributed by atoms with Crippen LogP contribution >= 0.6 is 15.9 Å². The lowest BCUT2D eigenvalue weighted by Gasteiger charge is -2.40. The highest BCUT2D eigenvalue weighted by Gasteiger charge is 2.45. The third kappa shape index (κ3) is 2.70. The van der Waals surface area contributed by atoms with Gasteiger partial charge in [0.1, 0.15) is 5.76 Å². The monoisotopic (exact) mass is 362 g/mol. The molecule has 1 fully saturated rings. The van der Waals surface area contributed by atoms with Gasteiger partial charge in [0, 0.05) is 4.47 Å². The lowest BCUT2D eigenvalue weighted by molar-refractivity contribution is -0.130. The Labute approximate surface area is 138 Å². The number of rotatable bonds is 4. The molecule has 1 N–H and O–H groups in total. The summed E-state index contributed by atoms with van der Waals surface area (Å²) >= 11 is 3.44. The van der Waals surface area contributed by atoms with Crippen molar-refractivity contribution in [2.45, 2.75) is 45.1 Å². The summed E-state index contributed by atoms with van der Waals surface area (Å²) in [5.41, 5.74) is 1.56. The van der Waals surface area contributed by atoms with E-state index in [1.165, 1.54) is 0 Å². The van der Waals surface area contributed by atoms with E-state index in [2.05, 4.69) is 26.2 Å². The van der Waals surface area contributed by atoms with Crippen molar-refractivity contribution < 1.29 is 9.21 Å². The van der Waals surface area contributed by atoms with E-state index in [1.807, 2.05) is 38.1 Å². The molecular weight excluding hydrogens is 344 g/mol. The van der Waals surface area contributed by atoms with Gasteiger partial charge in [0.2, 0.25) is 11.8 Å². The Morgan fingerprint density at radius 1 is 1.32 bits per heavy atom. The van der Waals surface area contributed by atoms with Crippen molar-refractivity contribution in [3.8, 4) is 0 Å². The van der Waals surface area contributed by atoms with Crippen molar-refractivity contribution in [1.29, 1.82) is 0 Å². The first-order valence-electron chi connectivity index (χ1n) is 7.48. The third-order valence-corrected chi connectivity index (χ3v) is 5.04. The minimum absolute atomic E-state index is 0.0644. The second-order valence-electron chi connectivity index (χ2n) is 5.87. The first kappa shape index (κ1) is 15.3. The van der Waals surface area contributed by atoms with Crippen molar-refractivity contribution >= 4 is 21.8 Å². The molecule has 1 saturated carbocycles. The number of halogens is 1. The van der Waals surface area contributed by atoms with Crippen molar-refractivity contribution in [3.05, 3.63) is 51.6 Å². The maximum atomic E-state index is 12.7. The van der Waals surface area contributed by atoms with E-state index in [0.717, 1.165) is 40.8 Å². The summed E-state index contributed by atoms with van der Waals surface area (Å²) < 4.78 is 6.54. The van der Waals surface area contributed by atoms with Crippen LogP contribution in [0.4, 0.5) is 0 Å². The number of aryl methyl sites for hydroxylation is 2. The predicted molar refractivity (Wildman–Crippen MR) is 87.5 cm³/mol. The van der Waals surface area contributed by atoms with Crippen molar-refractivity contribution in [1.82, 2.24) is 10.3 Å². The summed E-state index contributed by atoms with van der Waals surface area (Å²) in [7, 11) is 0. The Morgan fingerprint density at radius 2 is 2.00 bits per heavy atom. The molecule has 2 aromatic rings. The highest BCUT2D eigenvalue weighted by molar-refractivity contribution is 9.10. The van der Waals surface area contributed by atoms with Crippen LogP contribution in [0.2, 0.25) is 0 Å². The highest BCUT2D eigenvalue weighted by Crippen LogP contribution is 2.44. The van der Waals surface area contributed by atoms with E-state index in [9.17, 15) is 4.79 Å². The van der Waals surface area contributed by atoms with E-state index < -0.39 is 5.41 Å². The highest BCUT2D eigenvalue weighted by atomic mass is 79.9. The number of carbonyl (C=O) groups is 1. The van der Waals surface area contributed by atoms with Gasteiger partial charge < -0.3 is 9.73 Å². The fraction of sp³-hybridized carbons (Fsp3) is 0.412. The van der Waals surface area contributed by atoms with Crippen molar-refractivity contribution in [3.63, 3.8) is 0 Å². The van der Waals surface area contributed by atoms with Gasteiger partial charge in [0.05, 0.1) is 17.7 Å². The largest absolute Gasteiger partial charge is 0.444 e. The predicted octanol–water partition coefficient (Wildman–Crippen LogP) is 3.79. The van der Waals surface area contributed by atoms with Gasteiger partial charge in [-0.2, -0.15) is 0 Å². The molecule has 1 aliphatic rings. The van der Waals surface area contributed by atoms with E-state index >= 15 is 0 Å². The van der Waals surface area contributed by atoms with Crippen LogP contribution in [-0.4, -0.2) is 10.9 Å². The number of hydrogen-bond donors (Lipinski definition) is 1. The van der Waals surface area contributed by atoms with Crippen LogP contribution in [-0.2, 0) is 16.8 Å². The van der Waals surface area contributed by atoms with Gasteiger partial charge in [0.25, 0.3) is 0 Å². The van der Waals surface area contributed by atoms with Gasteiger partial charge in [0.15, 0.2) is 0 Å². The van der Waals surface area contributed by atoms with Crippen LogP contribution in [0.1, 0.15) is 42.2 Å². The Hall–Kier alpha value is -1.62. The average molecular weight is 363 g/mol. The average Bonchev–Trinajstić information content (AvgIpc) is 2.76. The molecule has 116 valence electrons. The first-order valence-corrected chi connectivity index (χ1v) is 8.28. The van der Waals surface area contributed by atoms with Gasteiger partial charge in [-0.25, -0.2) is 4.98 Å². The number of benzene rings is 1. The van der Waals surface area contributed by atoms with Gasteiger partial charge in [-0.15, -0.1) is 0 Å². The lowest BCUT2D eigenvalue weighted by atomic mass is 9.64. The maximum absolute atomic E-state index is 12.7. The number of nitrogens with one attached hydrogen (secondary N) is 1. The minimum atomic E-state index is -0.391. The van der Waals surface area contributed by atoms with Gasteiger partial charge >= 0.3 is 0 Å². The molecule has 1 aromatic carbocycles. The molecule has 22 heavy (non-hydrogen) atoms. The summed E-state index contributed by atoms with van der Waals surface area (Å²) in [6.45, 7) is 4.12. The third-order valence-electron chi connectivity index (χ3n) is 4.51. The Balaban J connectivity index is 1.73. The van der Waals surface area contributed by atoms with Crippen LogP contribution in [0.25, 0.3) is 0 Å². The molecule has 1 aliphatic carbocycles. The zero-order chi connectivity index (χ0) is 15.7. The molecule has 1 amide bonds. The lowest BCUT2D eigenvalue weighted by Crippen LogP contribution is -2.49. The molecule has 1 heterocycles. The smallest absolute Gasteiger partial charge is 0.231 e.